The number of furan rings is 1. The van der Waals surface area contributed by atoms with Crippen molar-refractivity contribution < 1.29 is 9.21 Å². The minimum Gasteiger partial charge on any atom is -0.467 e. The van der Waals surface area contributed by atoms with Crippen molar-refractivity contribution in [2.45, 2.75) is 19.6 Å². The quantitative estimate of drug-likeness (QED) is 0.725. The SMILES string of the molecule is O=C(Cn1c(=O)ccn(Cc2ccccc2)c1=O)NCc1ccco1. The van der Waals surface area contributed by atoms with Gasteiger partial charge in [-0.2, -0.15) is 0 Å². The van der Waals surface area contributed by atoms with Gasteiger partial charge in [0.15, 0.2) is 0 Å². The monoisotopic (exact) mass is 339 g/mol. The first-order valence-electron chi connectivity index (χ1n) is 7.77. The van der Waals surface area contributed by atoms with Crippen molar-refractivity contribution in [2.75, 3.05) is 0 Å². The molecular weight excluding hydrogens is 322 g/mol. The van der Waals surface area contributed by atoms with Crippen molar-refractivity contribution in [1.82, 2.24) is 14.5 Å². The number of benzene rings is 1. The van der Waals surface area contributed by atoms with Gasteiger partial charge >= 0.3 is 5.69 Å². The summed E-state index contributed by atoms with van der Waals surface area (Å²) in [5.74, 6) is 0.156. The van der Waals surface area contributed by atoms with Crippen molar-refractivity contribution in [3.05, 3.63) is 93.2 Å². The Kier molecular flexibility index (Phi) is 4.94. The third-order valence-electron chi connectivity index (χ3n) is 3.68. The van der Waals surface area contributed by atoms with Crippen LogP contribution in [0.3, 0.4) is 0 Å². The van der Waals surface area contributed by atoms with Gasteiger partial charge < -0.3 is 9.73 Å². The third-order valence-corrected chi connectivity index (χ3v) is 3.68. The smallest absolute Gasteiger partial charge is 0.331 e. The van der Waals surface area contributed by atoms with E-state index in [0.29, 0.717) is 12.3 Å². The maximum absolute atomic E-state index is 12.5. The summed E-state index contributed by atoms with van der Waals surface area (Å²) in [4.78, 5) is 36.5. The van der Waals surface area contributed by atoms with E-state index in [1.807, 2.05) is 30.3 Å². The number of rotatable bonds is 6. The Morgan fingerprint density at radius 3 is 2.56 bits per heavy atom. The van der Waals surface area contributed by atoms with Gasteiger partial charge in [0.25, 0.3) is 5.56 Å². The van der Waals surface area contributed by atoms with Crippen LogP contribution in [0, 0.1) is 0 Å². The fourth-order valence-corrected chi connectivity index (χ4v) is 2.40. The Labute approximate surface area is 143 Å². The minimum absolute atomic E-state index is 0.200. The summed E-state index contributed by atoms with van der Waals surface area (Å²) in [5, 5.41) is 2.62. The predicted molar refractivity (Wildman–Crippen MR) is 91.1 cm³/mol. The number of carbonyl (C=O) groups excluding carboxylic acids is 1. The molecule has 0 radical (unpaired) electrons. The highest BCUT2D eigenvalue weighted by Crippen LogP contribution is 2.00. The fourth-order valence-electron chi connectivity index (χ4n) is 2.40. The van der Waals surface area contributed by atoms with Crippen LogP contribution in [0.1, 0.15) is 11.3 Å². The van der Waals surface area contributed by atoms with Crippen molar-refractivity contribution in [3.8, 4) is 0 Å². The highest BCUT2D eigenvalue weighted by atomic mass is 16.3. The zero-order chi connectivity index (χ0) is 17.6. The standard InChI is InChI=1S/C18H17N3O4/c22-16(19-11-15-7-4-10-25-15)13-21-17(23)8-9-20(18(21)24)12-14-5-2-1-3-6-14/h1-10H,11-13H2,(H,19,22). The molecule has 0 aliphatic carbocycles. The largest absolute Gasteiger partial charge is 0.467 e. The summed E-state index contributed by atoms with van der Waals surface area (Å²) in [6, 6.07) is 14.1. The molecule has 1 amide bonds. The molecule has 7 heteroatoms. The van der Waals surface area contributed by atoms with Gasteiger partial charge in [-0.3, -0.25) is 18.7 Å². The molecule has 128 valence electrons. The summed E-state index contributed by atoms with van der Waals surface area (Å²) < 4.78 is 7.43. The molecule has 3 rings (SSSR count). The molecule has 0 unspecified atom stereocenters. The lowest BCUT2D eigenvalue weighted by Gasteiger charge is -2.10. The van der Waals surface area contributed by atoms with E-state index in [4.69, 9.17) is 4.42 Å². The summed E-state index contributed by atoms with van der Waals surface area (Å²) in [5.41, 5.74) is -0.107. The number of hydrogen-bond acceptors (Lipinski definition) is 4. The number of aromatic nitrogens is 2. The summed E-state index contributed by atoms with van der Waals surface area (Å²) >= 11 is 0. The van der Waals surface area contributed by atoms with Crippen LogP contribution < -0.4 is 16.6 Å². The Balaban J connectivity index is 1.74. The molecule has 1 aromatic carbocycles. The highest BCUT2D eigenvalue weighted by Gasteiger charge is 2.10. The second-order valence-electron chi connectivity index (χ2n) is 5.49. The molecular formula is C18H17N3O4. The molecule has 7 nitrogen and oxygen atoms in total. The van der Waals surface area contributed by atoms with Crippen molar-refractivity contribution >= 4 is 5.91 Å². The molecule has 0 aliphatic rings. The van der Waals surface area contributed by atoms with Crippen molar-refractivity contribution in [3.63, 3.8) is 0 Å². The van der Waals surface area contributed by atoms with Gasteiger partial charge in [-0.1, -0.05) is 30.3 Å². The maximum Gasteiger partial charge on any atom is 0.331 e. The van der Waals surface area contributed by atoms with Gasteiger partial charge in [-0.25, -0.2) is 4.79 Å². The number of carbonyl (C=O) groups is 1. The topological polar surface area (TPSA) is 86.2 Å². The lowest BCUT2D eigenvalue weighted by molar-refractivity contribution is -0.122. The first kappa shape index (κ1) is 16.5. The van der Waals surface area contributed by atoms with E-state index in [-0.39, 0.29) is 13.1 Å². The first-order chi connectivity index (χ1) is 12.1. The molecule has 0 aliphatic heterocycles. The van der Waals surface area contributed by atoms with Crippen LogP contribution in [0.2, 0.25) is 0 Å². The average Bonchev–Trinajstić information content (AvgIpc) is 3.14. The molecule has 3 aromatic rings. The van der Waals surface area contributed by atoms with Gasteiger partial charge in [0.2, 0.25) is 5.91 Å². The van der Waals surface area contributed by atoms with Crippen LogP contribution in [0.4, 0.5) is 0 Å². The Morgan fingerprint density at radius 2 is 1.84 bits per heavy atom. The summed E-state index contributed by atoms with van der Waals surface area (Å²) in [6.45, 7) is 0.188. The molecule has 1 N–H and O–H groups in total. The number of amides is 1. The van der Waals surface area contributed by atoms with E-state index in [1.165, 1.54) is 23.1 Å². The van der Waals surface area contributed by atoms with E-state index in [2.05, 4.69) is 5.32 Å². The van der Waals surface area contributed by atoms with E-state index in [9.17, 15) is 14.4 Å². The zero-order valence-electron chi connectivity index (χ0n) is 13.4. The van der Waals surface area contributed by atoms with E-state index < -0.39 is 17.2 Å². The van der Waals surface area contributed by atoms with Gasteiger partial charge in [0, 0.05) is 12.3 Å². The van der Waals surface area contributed by atoms with Gasteiger partial charge in [0.1, 0.15) is 12.3 Å². The fraction of sp³-hybridized carbons (Fsp3) is 0.167. The highest BCUT2D eigenvalue weighted by molar-refractivity contribution is 5.75. The molecule has 25 heavy (non-hydrogen) atoms. The van der Waals surface area contributed by atoms with Crippen LogP contribution in [-0.4, -0.2) is 15.0 Å². The minimum atomic E-state index is -0.524. The molecule has 2 heterocycles. The number of nitrogens with one attached hydrogen (secondary N) is 1. The molecule has 0 saturated carbocycles. The second-order valence-corrected chi connectivity index (χ2v) is 5.49. The molecule has 2 aromatic heterocycles. The van der Waals surface area contributed by atoms with Crippen molar-refractivity contribution in [2.24, 2.45) is 0 Å². The lowest BCUT2D eigenvalue weighted by atomic mass is 10.2. The molecule has 0 atom stereocenters. The Bertz CT molecular complexity index is 956. The summed E-state index contributed by atoms with van der Waals surface area (Å²) in [6.07, 6.45) is 2.94. The molecule has 0 bridgehead atoms. The van der Waals surface area contributed by atoms with Crippen LogP contribution in [0.25, 0.3) is 0 Å². The van der Waals surface area contributed by atoms with Crippen LogP contribution in [0.15, 0.2) is 75.0 Å². The molecule has 0 spiro atoms. The number of hydrogen-bond donors (Lipinski definition) is 1. The third kappa shape index (κ3) is 4.14. The predicted octanol–water partition coefficient (Wildman–Crippen LogP) is 0.968. The van der Waals surface area contributed by atoms with Gasteiger partial charge in [0.05, 0.1) is 19.4 Å². The molecule has 0 fully saturated rings. The van der Waals surface area contributed by atoms with Crippen LogP contribution in [-0.2, 0) is 24.4 Å². The Morgan fingerprint density at radius 1 is 1.04 bits per heavy atom. The number of nitrogens with zero attached hydrogens (tertiary/aromatic N) is 2. The zero-order valence-corrected chi connectivity index (χ0v) is 13.4. The van der Waals surface area contributed by atoms with E-state index in [0.717, 1.165) is 10.1 Å². The second kappa shape index (κ2) is 7.48. The summed E-state index contributed by atoms with van der Waals surface area (Å²) in [7, 11) is 0. The Hall–Kier alpha value is -3.35. The van der Waals surface area contributed by atoms with Gasteiger partial charge in [-0.15, -0.1) is 0 Å². The maximum atomic E-state index is 12.5. The van der Waals surface area contributed by atoms with E-state index in [1.54, 1.807) is 12.1 Å². The van der Waals surface area contributed by atoms with Crippen LogP contribution >= 0.6 is 0 Å². The van der Waals surface area contributed by atoms with Crippen molar-refractivity contribution in [1.29, 1.82) is 0 Å². The molecule has 0 saturated heterocycles. The first-order valence-corrected chi connectivity index (χ1v) is 7.77. The van der Waals surface area contributed by atoms with E-state index >= 15 is 0 Å². The lowest BCUT2D eigenvalue weighted by Crippen LogP contribution is -2.43. The normalized spacial score (nSPS) is 10.6. The van der Waals surface area contributed by atoms with Crippen LogP contribution in [0.5, 0.6) is 0 Å². The van der Waals surface area contributed by atoms with Gasteiger partial charge in [-0.05, 0) is 17.7 Å². The average molecular weight is 339 g/mol.